The number of hydrogen-bond acceptors (Lipinski definition) is 5. The van der Waals surface area contributed by atoms with Crippen LogP contribution >= 0.6 is 0 Å². The minimum absolute atomic E-state index is 0.0879. The van der Waals surface area contributed by atoms with Crippen molar-refractivity contribution >= 4 is 5.91 Å². The van der Waals surface area contributed by atoms with Crippen molar-refractivity contribution in [2.24, 2.45) is 0 Å². The normalized spacial score (nSPS) is 30.3. The predicted molar refractivity (Wildman–Crippen MR) is 102 cm³/mol. The van der Waals surface area contributed by atoms with E-state index in [2.05, 4.69) is 29.2 Å². The Bertz CT molecular complexity index is 707. The van der Waals surface area contributed by atoms with E-state index in [-0.39, 0.29) is 30.1 Å². The fraction of sp³-hybridized carbons (Fsp3) is 0.571. The highest BCUT2D eigenvalue weighted by molar-refractivity contribution is 5.80. The Hall–Kier alpha value is -2.57. The lowest BCUT2D eigenvalue weighted by Crippen LogP contribution is -2.52. The summed E-state index contributed by atoms with van der Waals surface area (Å²) in [5, 5.41) is 12.7. The molecule has 2 heterocycles. The Balaban J connectivity index is 1.49. The summed E-state index contributed by atoms with van der Waals surface area (Å²) in [4.78, 5) is 18.4. The van der Waals surface area contributed by atoms with Crippen LogP contribution < -0.4 is 10.1 Å². The molecular formula is C21H26N4O2. The van der Waals surface area contributed by atoms with Gasteiger partial charge in [0.05, 0.1) is 18.7 Å². The molecule has 1 N–H and O–H groups in total. The summed E-state index contributed by atoms with van der Waals surface area (Å²) < 4.78 is 5.94. The third-order valence-electron chi connectivity index (χ3n) is 5.64. The van der Waals surface area contributed by atoms with Gasteiger partial charge in [0.15, 0.2) is 0 Å². The molecule has 1 amide bonds. The van der Waals surface area contributed by atoms with Crippen molar-refractivity contribution in [1.29, 1.82) is 5.26 Å². The molecule has 1 aromatic rings. The molecule has 2 fully saturated rings. The molecule has 2 aliphatic rings. The SMILES string of the molecule is C#C[C@H]1CC[C@@H](C#N)N1C(=O)CNC1(C)CCC(Oc2ccccn2)CC1. The second kappa shape index (κ2) is 8.41. The average Bonchev–Trinajstić information content (AvgIpc) is 3.12. The number of nitriles is 1. The minimum atomic E-state index is -0.407. The van der Waals surface area contributed by atoms with Crippen LogP contribution in [0.2, 0.25) is 0 Å². The summed E-state index contributed by atoms with van der Waals surface area (Å²) >= 11 is 0. The van der Waals surface area contributed by atoms with Crippen LogP contribution in [0.3, 0.4) is 0 Å². The summed E-state index contributed by atoms with van der Waals surface area (Å²) in [5.74, 6) is 3.21. The number of ether oxygens (including phenoxy) is 1. The molecule has 2 atom stereocenters. The molecule has 0 bridgehead atoms. The highest BCUT2D eigenvalue weighted by Crippen LogP contribution is 2.30. The summed E-state index contributed by atoms with van der Waals surface area (Å²) in [6, 6.07) is 7.18. The third kappa shape index (κ3) is 4.59. The van der Waals surface area contributed by atoms with Crippen LogP contribution in [0.25, 0.3) is 0 Å². The summed E-state index contributed by atoms with van der Waals surface area (Å²) in [7, 11) is 0. The van der Waals surface area contributed by atoms with Crippen LogP contribution in [0, 0.1) is 23.7 Å². The maximum Gasteiger partial charge on any atom is 0.238 e. The minimum Gasteiger partial charge on any atom is -0.474 e. The molecule has 1 saturated carbocycles. The molecular weight excluding hydrogens is 340 g/mol. The molecule has 27 heavy (non-hydrogen) atoms. The zero-order chi connectivity index (χ0) is 19.3. The second-order valence-corrected chi connectivity index (χ2v) is 7.61. The van der Waals surface area contributed by atoms with E-state index < -0.39 is 6.04 Å². The van der Waals surface area contributed by atoms with Crippen LogP contribution in [0.1, 0.15) is 45.4 Å². The van der Waals surface area contributed by atoms with E-state index in [1.54, 1.807) is 11.1 Å². The lowest BCUT2D eigenvalue weighted by Gasteiger charge is -2.38. The van der Waals surface area contributed by atoms with Gasteiger partial charge in [-0.05, 0) is 51.5 Å². The van der Waals surface area contributed by atoms with E-state index in [0.717, 1.165) is 25.7 Å². The predicted octanol–water partition coefficient (Wildman–Crippen LogP) is 2.27. The van der Waals surface area contributed by atoms with Crippen LogP contribution in [-0.2, 0) is 4.79 Å². The smallest absolute Gasteiger partial charge is 0.238 e. The number of carbonyl (C=O) groups is 1. The van der Waals surface area contributed by atoms with Gasteiger partial charge < -0.3 is 15.0 Å². The first-order chi connectivity index (χ1) is 13.0. The molecule has 1 aliphatic carbocycles. The van der Waals surface area contributed by atoms with Crippen LogP contribution in [0.5, 0.6) is 5.88 Å². The zero-order valence-corrected chi connectivity index (χ0v) is 15.7. The quantitative estimate of drug-likeness (QED) is 0.809. The molecule has 0 unspecified atom stereocenters. The summed E-state index contributed by atoms with van der Waals surface area (Å²) in [5.41, 5.74) is -0.118. The number of hydrogen-bond donors (Lipinski definition) is 1. The van der Waals surface area contributed by atoms with Crippen molar-refractivity contribution < 1.29 is 9.53 Å². The number of carbonyl (C=O) groups excluding carboxylic acids is 1. The van der Waals surface area contributed by atoms with Gasteiger partial charge in [-0.15, -0.1) is 6.42 Å². The fourth-order valence-electron chi connectivity index (χ4n) is 3.94. The van der Waals surface area contributed by atoms with Crippen molar-refractivity contribution in [3.8, 4) is 24.3 Å². The van der Waals surface area contributed by atoms with Crippen molar-refractivity contribution in [1.82, 2.24) is 15.2 Å². The van der Waals surface area contributed by atoms with Gasteiger partial charge in [0.25, 0.3) is 0 Å². The maximum atomic E-state index is 12.7. The molecule has 0 aromatic carbocycles. The molecule has 3 rings (SSSR count). The van der Waals surface area contributed by atoms with Gasteiger partial charge in [-0.25, -0.2) is 4.98 Å². The number of likely N-dealkylation sites (tertiary alicyclic amines) is 1. The van der Waals surface area contributed by atoms with E-state index in [1.807, 2.05) is 18.2 Å². The number of nitrogens with zero attached hydrogens (tertiary/aromatic N) is 3. The van der Waals surface area contributed by atoms with Gasteiger partial charge in [0, 0.05) is 17.8 Å². The lowest BCUT2D eigenvalue weighted by atomic mass is 9.82. The van der Waals surface area contributed by atoms with Crippen LogP contribution in [0.4, 0.5) is 0 Å². The summed E-state index contributed by atoms with van der Waals surface area (Å²) in [6.07, 6.45) is 12.4. The number of nitrogens with one attached hydrogen (secondary N) is 1. The van der Waals surface area contributed by atoms with E-state index in [0.29, 0.717) is 18.7 Å². The van der Waals surface area contributed by atoms with Crippen molar-refractivity contribution in [2.45, 2.75) is 69.2 Å². The molecule has 6 nitrogen and oxygen atoms in total. The van der Waals surface area contributed by atoms with Gasteiger partial charge in [0.2, 0.25) is 11.8 Å². The maximum absolute atomic E-state index is 12.7. The summed E-state index contributed by atoms with van der Waals surface area (Å²) in [6.45, 7) is 2.35. The van der Waals surface area contributed by atoms with E-state index >= 15 is 0 Å². The largest absolute Gasteiger partial charge is 0.474 e. The van der Waals surface area contributed by atoms with Crippen molar-refractivity contribution in [3.05, 3.63) is 24.4 Å². The van der Waals surface area contributed by atoms with Crippen molar-refractivity contribution in [3.63, 3.8) is 0 Å². The van der Waals surface area contributed by atoms with Gasteiger partial charge in [-0.1, -0.05) is 12.0 Å². The molecule has 1 saturated heterocycles. The van der Waals surface area contributed by atoms with E-state index in [9.17, 15) is 10.1 Å². The Morgan fingerprint density at radius 1 is 1.37 bits per heavy atom. The number of pyridine rings is 1. The first-order valence-corrected chi connectivity index (χ1v) is 9.54. The van der Waals surface area contributed by atoms with E-state index in [1.165, 1.54) is 0 Å². The van der Waals surface area contributed by atoms with Gasteiger partial charge in [0.1, 0.15) is 12.1 Å². The molecule has 6 heteroatoms. The van der Waals surface area contributed by atoms with Gasteiger partial charge in [-0.2, -0.15) is 5.26 Å². The standard InChI is InChI=1S/C21H26N4O2/c1-3-16-7-8-17(14-22)25(16)20(26)15-24-21(2)11-9-18(10-12-21)27-19-6-4-5-13-23-19/h1,4-6,13,16-18,24H,7-12,15H2,2H3/t16-,17-,18?,21?/m0/s1. The van der Waals surface area contributed by atoms with Crippen molar-refractivity contribution in [2.75, 3.05) is 6.54 Å². The topological polar surface area (TPSA) is 78.2 Å². The molecule has 0 spiro atoms. The van der Waals surface area contributed by atoms with Crippen LogP contribution in [0.15, 0.2) is 24.4 Å². The number of aromatic nitrogens is 1. The third-order valence-corrected chi connectivity index (χ3v) is 5.64. The Labute approximate surface area is 160 Å². The van der Waals surface area contributed by atoms with E-state index in [4.69, 9.17) is 11.2 Å². The van der Waals surface area contributed by atoms with Gasteiger partial charge >= 0.3 is 0 Å². The Kier molecular flexibility index (Phi) is 5.98. The lowest BCUT2D eigenvalue weighted by molar-refractivity contribution is -0.131. The second-order valence-electron chi connectivity index (χ2n) is 7.61. The van der Waals surface area contributed by atoms with Crippen LogP contribution in [-0.4, -0.2) is 46.1 Å². The monoisotopic (exact) mass is 366 g/mol. The average molecular weight is 366 g/mol. The molecule has 142 valence electrons. The molecule has 1 aliphatic heterocycles. The molecule has 1 aromatic heterocycles. The highest BCUT2D eigenvalue weighted by atomic mass is 16.5. The Morgan fingerprint density at radius 2 is 2.11 bits per heavy atom. The first kappa shape index (κ1) is 19.2. The first-order valence-electron chi connectivity index (χ1n) is 9.54. The van der Waals surface area contributed by atoms with Gasteiger partial charge in [-0.3, -0.25) is 4.79 Å². The zero-order valence-electron chi connectivity index (χ0n) is 15.7. The fourth-order valence-corrected chi connectivity index (χ4v) is 3.94. The Morgan fingerprint density at radius 3 is 2.74 bits per heavy atom. The number of terminal acetylenes is 1. The number of amides is 1. The number of rotatable bonds is 5. The molecule has 0 radical (unpaired) electrons. The highest BCUT2D eigenvalue weighted by Gasteiger charge is 2.37.